The summed E-state index contributed by atoms with van der Waals surface area (Å²) in [5.41, 5.74) is 1.49. The van der Waals surface area contributed by atoms with E-state index in [1.807, 2.05) is 20.8 Å². The van der Waals surface area contributed by atoms with Crippen molar-refractivity contribution in [2.75, 3.05) is 26.2 Å². The van der Waals surface area contributed by atoms with Crippen LogP contribution in [-0.4, -0.2) is 53.7 Å². The van der Waals surface area contributed by atoms with Crippen molar-refractivity contribution in [3.8, 4) is 0 Å². The van der Waals surface area contributed by atoms with Crippen LogP contribution in [0.25, 0.3) is 0 Å². The third kappa shape index (κ3) is 9.85. The number of likely N-dealkylation sites (tertiary alicyclic amines) is 1. The van der Waals surface area contributed by atoms with Crippen LogP contribution in [0.15, 0.2) is 29.6 Å². The number of carbonyl (C=O) groups is 2. The van der Waals surface area contributed by atoms with Gasteiger partial charge in [0.25, 0.3) is 0 Å². The van der Waals surface area contributed by atoms with Crippen molar-refractivity contribution in [1.82, 2.24) is 15.2 Å². The summed E-state index contributed by atoms with van der Waals surface area (Å²) < 4.78 is 23.7. The quantitative estimate of drug-likeness (QED) is 0.400. The van der Waals surface area contributed by atoms with Crippen molar-refractivity contribution in [1.29, 1.82) is 0 Å². The molecule has 0 saturated carbocycles. The molecule has 0 bridgehead atoms. The SMILES string of the molecule is CC(C)(C)OC(=O)N1CCC(c2nc(CCCCCNC(=O)COCc3ccc(F)cc3)cs2)CC1. The number of aromatic nitrogens is 1. The van der Waals surface area contributed by atoms with E-state index in [2.05, 4.69) is 10.7 Å². The molecule has 0 atom stereocenters. The fourth-order valence-electron chi connectivity index (χ4n) is 3.99. The summed E-state index contributed by atoms with van der Waals surface area (Å²) in [6, 6.07) is 6.05. The third-order valence-corrected chi connectivity index (χ3v) is 6.97. The Morgan fingerprint density at radius 3 is 2.56 bits per heavy atom. The molecule has 1 aliphatic rings. The molecule has 2 amide bonds. The van der Waals surface area contributed by atoms with E-state index < -0.39 is 5.60 Å². The summed E-state index contributed by atoms with van der Waals surface area (Å²) in [5, 5.41) is 6.19. The molecule has 7 nitrogen and oxygen atoms in total. The molecule has 1 fully saturated rings. The number of hydrogen-bond donors (Lipinski definition) is 1. The molecule has 0 spiro atoms. The second kappa shape index (κ2) is 13.7. The third-order valence-electron chi connectivity index (χ3n) is 5.91. The Labute approximate surface area is 217 Å². The van der Waals surface area contributed by atoms with Crippen LogP contribution in [0.2, 0.25) is 0 Å². The summed E-state index contributed by atoms with van der Waals surface area (Å²) in [6.07, 6.45) is 5.48. The number of nitrogens with zero attached hydrogens (tertiary/aromatic N) is 2. The lowest BCUT2D eigenvalue weighted by Crippen LogP contribution is -2.41. The number of thiazole rings is 1. The highest BCUT2D eigenvalue weighted by Gasteiger charge is 2.28. The Bertz CT molecular complexity index is 966. The fraction of sp³-hybridized carbons (Fsp3) is 0.593. The first-order valence-electron chi connectivity index (χ1n) is 12.7. The largest absolute Gasteiger partial charge is 0.444 e. The number of aryl methyl sites for hydroxylation is 1. The maximum absolute atomic E-state index is 12.9. The Balaban J connectivity index is 1.24. The summed E-state index contributed by atoms with van der Waals surface area (Å²) in [4.78, 5) is 30.8. The smallest absolute Gasteiger partial charge is 0.410 e. The number of piperidine rings is 1. The lowest BCUT2D eigenvalue weighted by Gasteiger charge is -2.32. The summed E-state index contributed by atoms with van der Waals surface area (Å²) >= 11 is 1.72. The van der Waals surface area contributed by atoms with Gasteiger partial charge in [-0.05, 0) is 70.6 Å². The second-order valence-corrected chi connectivity index (χ2v) is 11.1. The average Bonchev–Trinajstić information content (AvgIpc) is 3.30. The Morgan fingerprint density at radius 1 is 1.14 bits per heavy atom. The predicted octanol–water partition coefficient (Wildman–Crippen LogP) is 5.44. The van der Waals surface area contributed by atoms with Gasteiger partial charge < -0.3 is 19.7 Å². The normalized spacial score (nSPS) is 14.6. The summed E-state index contributed by atoms with van der Waals surface area (Å²) in [7, 11) is 0. The average molecular weight is 520 g/mol. The van der Waals surface area contributed by atoms with Crippen molar-refractivity contribution in [2.24, 2.45) is 0 Å². The van der Waals surface area contributed by atoms with Crippen LogP contribution in [0.1, 0.15) is 75.1 Å². The van der Waals surface area contributed by atoms with E-state index in [0.717, 1.165) is 49.8 Å². The van der Waals surface area contributed by atoms with Crippen LogP contribution in [0.3, 0.4) is 0 Å². The maximum Gasteiger partial charge on any atom is 0.410 e. The van der Waals surface area contributed by atoms with Crippen LogP contribution < -0.4 is 5.32 Å². The monoisotopic (exact) mass is 519 g/mol. The molecule has 36 heavy (non-hydrogen) atoms. The molecule has 0 unspecified atom stereocenters. The van der Waals surface area contributed by atoms with E-state index in [4.69, 9.17) is 14.5 Å². The van der Waals surface area contributed by atoms with Crippen LogP contribution >= 0.6 is 11.3 Å². The molecule has 2 aromatic rings. The molecule has 198 valence electrons. The van der Waals surface area contributed by atoms with Crippen molar-refractivity contribution < 1.29 is 23.5 Å². The second-order valence-electron chi connectivity index (χ2n) is 10.2. The van der Waals surface area contributed by atoms with Gasteiger partial charge in [-0.3, -0.25) is 4.79 Å². The zero-order valence-corrected chi connectivity index (χ0v) is 22.4. The number of amides is 2. The first-order valence-corrected chi connectivity index (χ1v) is 13.6. The number of halogens is 1. The highest BCUT2D eigenvalue weighted by Crippen LogP contribution is 2.31. The molecule has 1 aliphatic heterocycles. The van der Waals surface area contributed by atoms with Crippen molar-refractivity contribution in [3.63, 3.8) is 0 Å². The van der Waals surface area contributed by atoms with E-state index in [9.17, 15) is 14.0 Å². The van der Waals surface area contributed by atoms with Gasteiger partial charge in [0, 0.05) is 30.9 Å². The van der Waals surface area contributed by atoms with Crippen LogP contribution in [0.4, 0.5) is 9.18 Å². The number of unbranched alkanes of at least 4 members (excludes halogenated alkanes) is 2. The van der Waals surface area contributed by atoms with Crippen molar-refractivity contribution >= 4 is 23.3 Å². The molecule has 1 N–H and O–H groups in total. The Morgan fingerprint density at radius 2 is 1.86 bits per heavy atom. The van der Waals surface area contributed by atoms with Gasteiger partial charge in [-0.15, -0.1) is 11.3 Å². The van der Waals surface area contributed by atoms with Gasteiger partial charge >= 0.3 is 6.09 Å². The van der Waals surface area contributed by atoms with Gasteiger partial charge in [0.15, 0.2) is 0 Å². The molecule has 1 aromatic heterocycles. The molecule has 0 radical (unpaired) electrons. The van der Waals surface area contributed by atoms with Crippen LogP contribution in [-0.2, 0) is 27.3 Å². The zero-order chi connectivity index (χ0) is 26.0. The number of rotatable bonds is 11. The molecule has 3 rings (SSSR count). The van der Waals surface area contributed by atoms with E-state index >= 15 is 0 Å². The van der Waals surface area contributed by atoms with Crippen LogP contribution in [0, 0.1) is 5.82 Å². The highest BCUT2D eigenvalue weighted by atomic mass is 32.1. The number of nitrogens with one attached hydrogen (secondary N) is 1. The standard InChI is InChI=1S/C27H38FN3O4S/c1-27(2,3)35-26(33)31-15-12-21(13-16-31)25-30-23(19-36-25)7-5-4-6-14-29-24(32)18-34-17-20-8-10-22(28)11-9-20/h8-11,19,21H,4-7,12-18H2,1-3H3,(H,29,32). The van der Waals surface area contributed by atoms with E-state index in [1.165, 1.54) is 17.1 Å². The van der Waals surface area contributed by atoms with Gasteiger partial charge in [0.1, 0.15) is 18.0 Å². The first kappa shape index (κ1) is 28.1. The van der Waals surface area contributed by atoms with Crippen molar-refractivity contribution in [2.45, 2.75) is 77.4 Å². The minimum Gasteiger partial charge on any atom is -0.444 e. The fourth-order valence-corrected chi connectivity index (χ4v) is 5.01. The Hall–Kier alpha value is -2.52. The van der Waals surface area contributed by atoms with Crippen molar-refractivity contribution in [3.05, 3.63) is 51.7 Å². The minimum absolute atomic E-state index is 0.00429. The highest BCUT2D eigenvalue weighted by molar-refractivity contribution is 7.09. The van der Waals surface area contributed by atoms with E-state index in [1.54, 1.807) is 28.4 Å². The van der Waals surface area contributed by atoms with Gasteiger partial charge in [-0.25, -0.2) is 14.2 Å². The first-order chi connectivity index (χ1) is 17.2. The maximum atomic E-state index is 12.9. The number of benzene rings is 1. The van der Waals surface area contributed by atoms with Crippen LogP contribution in [0.5, 0.6) is 0 Å². The Kier molecular flexibility index (Phi) is 10.7. The van der Waals surface area contributed by atoms with Gasteiger partial charge in [-0.1, -0.05) is 18.6 Å². The molecule has 9 heteroatoms. The molecule has 0 aliphatic carbocycles. The topological polar surface area (TPSA) is 80.8 Å². The molecular formula is C27H38FN3O4S. The lowest BCUT2D eigenvalue weighted by atomic mass is 9.98. The van der Waals surface area contributed by atoms with E-state index in [-0.39, 0.29) is 31.0 Å². The molecular weight excluding hydrogens is 481 g/mol. The van der Waals surface area contributed by atoms with E-state index in [0.29, 0.717) is 25.6 Å². The number of ether oxygens (including phenoxy) is 2. The van der Waals surface area contributed by atoms with Gasteiger partial charge in [0.2, 0.25) is 5.91 Å². The van der Waals surface area contributed by atoms with Gasteiger partial charge in [0.05, 0.1) is 17.3 Å². The zero-order valence-electron chi connectivity index (χ0n) is 21.6. The minimum atomic E-state index is -0.468. The lowest BCUT2D eigenvalue weighted by molar-refractivity contribution is -0.126. The summed E-state index contributed by atoms with van der Waals surface area (Å²) in [6.45, 7) is 7.98. The molecule has 2 heterocycles. The summed E-state index contributed by atoms with van der Waals surface area (Å²) in [5.74, 6) is -0.0222. The predicted molar refractivity (Wildman–Crippen MR) is 139 cm³/mol. The van der Waals surface area contributed by atoms with Gasteiger partial charge in [-0.2, -0.15) is 0 Å². The number of hydrogen-bond acceptors (Lipinski definition) is 6. The number of carbonyl (C=O) groups excluding carboxylic acids is 2. The molecule has 1 aromatic carbocycles. The molecule has 1 saturated heterocycles.